The fourth-order valence-electron chi connectivity index (χ4n) is 3.39. The fraction of sp³-hybridized carbons (Fsp3) is 0. The molecular formula is C27H24N4O5S2. The maximum atomic E-state index is 12.7. The van der Waals surface area contributed by atoms with Crippen LogP contribution < -0.4 is 20.9 Å². The summed E-state index contributed by atoms with van der Waals surface area (Å²) < 4.78 is 55.2. The van der Waals surface area contributed by atoms with Crippen molar-refractivity contribution >= 4 is 54.7 Å². The van der Waals surface area contributed by atoms with E-state index >= 15 is 0 Å². The van der Waals surface area contributed by atoms with Crippen molar-refractivity contribution in [2.24, 2.45) is 0 Å². The molecule has 0 aliphatic rings. The van der Waals surface area contributed by atoms with Gasteiger partial charge in [-0.25, -0.2) is 16.8 Å². The summed E-state index contributed by atoms with van der Waals surface area (Å²) in [6.45, 7) is 0. The average molecular weight is 549 g/mol. The van der Waals surface area contributed by atoms with Gasteiger partial charge in [0.05, 0.1) is 9.79 Å². The first kappa shape index (κ1) is 26.5. The minimum atomic E-state index is -3.85. The molecule has 0 radical (unpaired) electrons. The quantitative estimate of drug-likeness (QED) is 0.137. The van der Waals surface area contributed by atoms with Crippen LogP contribution in [0.4, 0.5) is 22.7 Å². The molecule has 0 saturated carbocycles. The molecule has 194 valence electrons. The van der Waals surface area contributed by atoms with Crippen LogP contribution in [0.3, 0.4) is 0 Å². The Balaban J connectivity index is 1.42. The summed E-state index contributed by atoms with van der Waals surface area (Å²) in [6.07, 6.45) is 2.92. The number of nitrogens with two attached hydrogens (primary N) is 2. The number of benzene rings is 4. The van der Waals surface area contributed by atoms with Crippen LogP contribution in [0.5, 0.6) is 0 Å². The Morgan fingerprint density at radius 1 is 0.632 bits per heavy atom. The highest BCUT2D eigenvalue weighted by atomic mass is 32.2. The summed E-state index contributed by atoms with van der Waals surface area (Å²) in [6, 6.07) is 24.2. The number of allylic oxidation sites excluding steroid dienone is 1. The average Bonchev–Trinajstić information content (AvgIpc) is 2.88. The number of nitrogen functional groups attached to an aromatic ring is 2. The molecule has 0 unspecified atom stereocenters. The second kappa shape index (κ2) is 10.8. The molecule has 11 heteroatoms. The van der Waals surface area contributed by atoms with Gasteiger partial charge in [0.15, 0.2) is 5.78 Å². The molecule has 0 atom stereocenters. The molecule has 4 aromatic rings. The van der Waals surface area contributed by atoms with Crippen molar-refractivity contribution in [2.45, 2.75) is 9.79 Å². The molecule has 0 heterocycles. The summed E-state index contributed by atoms with van der Waals surface area (Å²) in [4.78, 5) is 12.8. The van der Waals surface area contributed by atoms with Crippen molar-refractivity contribution in [2.75, 3.05) is 20.9 Å². The van der Waals surface area contributed by atoms with Crippen LogP contribution in [0.25, 0.3) is 6.08 Å². The number of ketones is 1. The lowest BCUT2D eigenvalue weighted by Gasteiger charge is -2.09. The zero-order chi connectivity index (χ0) is 27.3. The molecule has 0 aliphatic carbocycles. The summed E-state index contributed by atoms with van der Waals surface area (Å²) in [5.74, 6) is -0.341. The minimum absolute atomic E-state index is 0.0440. The molecule has 0 fully saturated rings. The Morgan fingerprint density at radius 3 is 1.66 bits per heavy atom. The van der Waals surface area contributed by atoms with Crippen molar-refractivity contribution in [3.63, 3.8) is 0 Å². The number of hydrogen-bond donors (Lipinski definition) is 4. The van der Waals surface area contributed by atoms with Crippen LogP contribution in [-0.2, 0) is 20.0 Å². The molecule has 0 aromatic heterocycles. The zero-order valence-electron chi connectivity index (χ0n) is 19.9. The fourth-order valence-corrected chi connectivity index (χ4v) is 5.50. The van der Waals surface area contributed by atoms with E-state index in [1.807, 2.05) is 0 Å². The van der Waals surface area contributed by atoms with E-state index < -0.39 is 20.0 Å². The SMILES string of the molecule is Nc1ccc(S(=O)(=O)Nc2ccc(/C=C/C(=O)c3cccc(NS(=O)(=O)c4ccc(N)cc4)c3)cc2)cc1. The smallest absolute Gasteiger partial charge is 0.261 e. The summed E-state index contributed by atoms with van der Waals surface area (Å²) in [5.41, 5.74) is 13.7. The van der Waals surface area contributed by atoms with Crippen LogP contribution in [0, 0.1) is 0 Å². The van der Waals surface area contributed by atoms with Crippen molar-refractivity contribution in [3.8, 4) is 0 Å². The third-order valence-electron chi connectivity index (χ3n) is 5.37. The molecule has 0 aliphatic heterocycles. The topological polar surface area (TPSA) is 161 Å². The summed E-state index contributed by atoms with van der Waals surface area (Å²) >= 11 is 0. The molecule has 6 N–H and O–H groups in total. The van der Waals surface area contributed by atoms with Gasteiger partial charge in [-0.3, -0.25) is 14.2 Å². The van der Waals surface area contributed by atoms with Crippen molar-refractivity contribution in [3.05, 3.63) is 114 Å². The van der Waals surface area contributed by atoms with Gasteiger partial charge in [0.25, 0.3) is 20.0 Å². The van der Waals surface area contributed by atoms with E-state index in [4.69, 9.17) is 11.5 Å². The van der Waals surface area contributed by atoms with E-state index in [0.717, 1.165) is 0 Å². The molecule has 4 aromatic carbocycles. The number of sulfonamides is 2. The molecule has 0 saturated heterocycles. The van der Waals surface area contributed by atoms with Gasteiger partial charge in [0.1, 0.15) is 0 Å². The first-order valence-corrected chi connectivity index (χ1v) is 14.2. The first-order valence-electron chi connectivity index (χ1n) is 11.2. The Bertz CT molecular complexity index is 1700. The Kier molecular flexibility index (Phi) is 7.51. The normalized spacial score (nSPS) is 11.8. The number of rotatable bonds is 9. The lowest BCUT2D eigenvalue weighted by molar-refractivity contribution is 0.104. The third-order valence-corrected chi connectivity index (χ3v) is 8.16. The lowest BCUT2D eigenvalue weighted by Crippen LogP contribution is -2.13. The molecule has 9 nitrogen and oxygen atoms in total. The molecular weight excluding hydrogens is 524 g/mol. The van der Waals surface area contributed by atoms with Crippen molar-refractivity contribution < 1.29 is 21.6 Å². The number of anilines is 4. The van der Waals surface area contributed by atoms with Crippen LogP contribution in [-0.4, -0.2) is 22.6 Å². The number of hydrogen-bond acceptors (Lipinski definition) is 7. The number of carbonyl (C=O) groups excluding carboxylic acids is 1. The van der Waals surface area contributed by atoms with Gasteiger partial charge in [-0.05, 0) is 84.4 Å². The van der Waals surface area contributed by atoms with Gasteiger partial charge in [-0.2, -0.15) is 0 Å². The van der Waals surface area contributed by atoms with Crippen LogP contribution >= 0.6 is 0 Å². The van der Waals surface area contributed by atoms with E-state index in [9.17, 15) is 21.6 Å². The van der Waals surface area contributed by atoms with Gasteiger partial charge in [-0.15, -0.1) is 0 Å². The predicted octanol–water partition coefficient (Wildman–Crippen LogP) is 4.35. The molecule has 4 rings (SSSR count). The molecule has 0 amide bonds. The van der Waals surface area contributed by atoms with E-state index in [1.54, 1.807) is 48.5 Å². The number of nitrogens with one attached hydrogen (secondary N) is 2. The third kappa shape index (κ3) is 6.58. The number of carbonyl (C=O) groups is 1. The zero-order valence-corrected chi connectivity index (χ0v) is 21.5. The lowest BCUT2D eigenvalue weighted by atomic mass is 10.1. The maximum Gasteiger partial charge on any atom is 0.261 e. The Hall–Kier alpha value is -4.61. The largest absolute Gasteiger partial charge is 0.399 e. The van der Waals surface area contributed by atoms with E-state index in [1.165, 1.54) is 60.7 Å². The van der Waals surface area contributed by atoms with Crippen LogP contribution in [0.15, 0.2) is 113 Å². The highest BCUT2D eigenvalue weighted by molar-refractivity contribution is 7.93. The monoisotopic (exact) mass is 548 g/mol. The summed E-state index contributed by atoms with van der Waals surface area (Å²) in [5, 5.41) is 0. The Labute approximate surface area is 220 Å². The molecule has 38 heavy (non-hydrogen) atoms. The summed E-state index contributed by atoms with van der Waals surface area (Å²) in [7, 11) is -7.63. The van der Waals surface area contributed by atoms with E-state index in [-0.39, 0.29) is 26.8 Å². The van der Waals surface area contributed by atoms with E-state index in [2.05, 4.69) is 9.44 Å². The van der Waals surface area contributed by atoms with Gasteiger partial charge in [0, 0.05) is 28.3 Å². The van der Waals surface area contributed by atoms with E-state index in [0.29, 0.717) is 22.6 Å². The highest BCUT2D eigenvalue weighted by Crippen LogP contribution is 2.20. The standard InChI is InChI=1S/C27H24N4O5S2/c28-21-7-13-25(14-8-21)37(33,34)30-23-11-4-19(5-12-23)6-17-27(32)20-2-1-3-24(18-20)31-38(35,36)26-15-9-22(29)10-16-26/h1-18,30-31H,28-29H2/b17-6+. The van der Waals surface area contributed by atoms with Crippen LogP contribution in [0.2, 0.25) is 0 Å². The van der Waals surface area contributed by atoms with Gasteiger partial charge in [-0.1, -0.05) is 30.3 Å². The molecule has 0 spiro atoms. The second-order valence-corrected chi connectivity index (χ2v) is 11.6. The van der Waals surface area contributed by atoms with Gasteiger partial charge >= 0.3 is 0 Å². The highest BCUT2D eigenvalue weighted by Gasteiger charge is 2.15. The van der Waals surface area contributed by atoms with Gasteiger partial charge in [0.2, 0.25) is 0 Å². The van der Waals surface area contributed by atoms with Gasteiger partial charge < -0.3 is 11.5 Å². The van der Waals surface area contributed by atoms with Crippen molar-refractivity contribution in [1.82, 2.24) is 0 Å². The predicted molar refractivity (Wildman–Crippen MR) is 150 cm³/mol. The Morgan fingerprint density at radius 2 is 1.13 bits per heavy atom. The second-order valence-electron chi connectivity index (χ2n) is 8.25. The van der Waals surface area contributed by atoms with Crippen molar-refractivity contribution in [1.29, 1.82) is 0 Å². The maximum absolute atomic E-state index is 12.7. The minimum Gasteiger partial charge on any atom is -0.399 e. The molecule has 0 bridgehead atoms. The first-order chi connectivity index (χ1) is 18.0. The van der Waals surface area contributed by atoms with Crippen LogP contribution in [0.1, 0.15) is 15.9 Å².